The maximum atomic E-state index is 9.07. The summed E-state index contributed by atoms with van der Waals surface area (Å²) in [7, 11) is 0. The normalized spacial score (nSPS) is 12.8. The van der Waals surface area contributed by atoms with Crippen molar-refractivity contribution in [1.29, 1.82) is 0 Å². The summed E-state index contributed by atoms with van der Waals surface area (Å²) in [5, 5.41) is 15.6. The number of aromatic nitrogens is 2. The van der Waals surface area contributed by atoms with Crippen LogP contribution in [-0.4, -0.2) is 27.7 Å². The summed E-state index contributed by atoms with van der Waals surface area (Å²) < 4.78 is 0. The van der Waals surface area contributed by atoms with E-state index in [0.29, 0.717) is 12.0 Å². The van der Waals surface area contributed by atoms with Crippen LogP contribution in [0.25, 0.3) is 10.7 Å². The molecule has 5 heteroatoms. The van der Waals surface area contributed by atoms with Gasteiger partial charge in [-0.1, -0.05) is 19.9 Å². The van der Waals surface area contributed by atoms with Gasteiger partial charge < -0.3 is 10.4 Å². The number of rotatable bonds is 7. The quantitative estimate of drug-likeness (QED) is 0.823. The molecule has 0 aliphatic rings. The third-order valence-electron chi connectivity index (χ3n) is 3.23. The van der Waals surface area contributed by atoms with Crippen LogP contribution in [0.5, 0.6) is 0 Å². The van der Waals surface area contributed by atoms with Gasteiger partial charge in [0.25, 0.3) is 0 Å². The van der Waals surface area contributed by atoms with Gasteiger partial charge in [-0.15, -0.1) is 11.3 Å². The van der Waals surface area contributed by atoms with E-state index >= 15 is 0 Å². The molecule has 0 fully saturated rings. The molecule has 2 aromatic heterocycles. The molecule has 1 atom stereocenters. The summed E-state index contributed by atoms with van der Waals surface area (Å²) in [6.07, 6.45) is 2.56. The number of hydrogen-bond donors (Lipinski definition) is 2. The first kappa shape index (κ1) is 15.1. The summed E-state index contributed by atoms with van der Waals surface area (Å²) in [6.45, 7) is 5.26. The number of thiazole rings is 1. The first-order valence-electron chi connectivity index (χ1n) is 6.90. The second-order valence-electron chi connectivity index (χ2n) is 5.10. The maximum Gasteiger partial charge on any atom is 0.142 e. The van der Waals surface area contributed by atoms with Crippen molar-refractivity contribution in [3.05, 3.63) is 35.5 Å². The van der Waals surface area contributed by atoms with Gasteiger partial charge in [0.05, 0.1) is 11.4 Å². The molecule has 0 bridgehead atoms. The van der Waals surface area contributed by atoms with Gasteiger partial charge in [-0.25, -0.2) is 4.98 Å². The Morgan fingerprint density at radius 3 is 2.85 bits per heavy atom. The Bertz CT molecular complexity index is 513. The van der Waals surface area contributed by atoms with E-state index in [4.69, 9.17) is 5.11 Å². The van der Waals surface area contributed by atoms with Gasteiger partial charge in [0.1, 0.15) is 5.01 Å². The lowest BCUT2D eigenvalue weighted by Crippen LogP contribution is -2.34. The minimum atomic E-state index is 0.214. The van der Waals surface area contributed by atoms with Gasteiger partial charge in [-0.2, -0.15) is 0 Å². The maximum absolute atomic E-state index is 9.07. The lowest BCUT2D eigenvalue weighted by atomic mass is 10.0. The van der Waals surface area contributed by atoms with Crippen LogP contribution < -0.4 is 5.32 Å². The van der Waals surface area contributed by atoms with Crippen molar-refractivity contribution in [3.63, 3.8) is 0 Å². The molecule has 2 N–H and O–H groups in total. The lowest BCUT2D eigenvalue weighted by molar-refractivity contribution is 0.243. The highest BCUT2D eigenvalue weighted by molar-refractivity contribution is 7.13. The summed E-state index contributed by atoms with van der Waals surface area (Å²) in [6, 6.07) is 6.16. The molecule has 108 valence electrons. The van der Waals surface area contributed by atoms with Gasteiger partial charge in [0.15, 0.2) is 0 Å². The summed E-state index contributed by atoms with van der Waals surface area (Å²) in [4.78, 5) is 8.91. The number of aliphatic hydroxyl groups excluding tert-OH is 1. The van der Waals surface area contributed by atoms with Crippen molar-refractivity contribution in [2.45, 2.75) is 32.9 Å². The van der Waals surface area contributed by atoms with Crippen LogP contribution in [0.1, 0.15) is 26.0 Å². The van der Waals surface area contributed by atoms with E-state index in [9.17, 15) is 0 Å². The van der Waals surface area contributed by atoms with Gasteiger partial charge in [0.2, 0.25) is 0 Å². The lowest BCUT2D eigenvalue weighted by Gasteiger charge is -2.20. The Kier molecular flexibility index (Phi) is 5.64. The Balaban J connectivity index is 1.96. The summed E-state index contributed by atoms with van der Waals surface area (Å²) >= 11 is 1.61. The van der Waals surface area contributed by atoms with E-state index in [2.05, 4.69) is 34.5 Å². The van der Waals surface area contributed by atoms with Crippen molar-refractivity contribution in [3.8, 4) is 10.7 Å². The van der Waals surface area contributed by atoms with Gasteiger partial charge in [0, 0.05) is 30.8 Å². The monoisotopic (exact) mass is 291 g/mol. The highest BCUT2D eigenvalue weighted by Crippen LogP contribution is 2.21. The standard InChI is InChI=1S/C15H21N3OS/c1-11(2)13(6-8-19)17-9-12-10-20-15(18-12)14-5-3-4-7-16-14/h3-5,7,10-11,13,17,19H,6,8-9H2,1-2H3. The fourth-order valence-electron chi connectivity index (χ4n) is 2.04. The largest absolute Gasteiger partial charge is 0.396 e. The first-order chi connectivity index (χ1) is 9.70. The van der Waals surface area contributed by atoms with Crippen molar-refractivity contribution in [2.75, 3.05) is 6.61 Å². The average Bonchev–Trinajstić information content (AvgIpc) is 2.93. The molecule has 2 heterocycles. The molecule has 4 nitrogen and oxygen atoms in total. The van der Waals surface area contributed by atoms with Crippen molar-refractivity contribution >= 4 is 11.3 Å². The van der Waals surface area contributed by atoms with Gasteiger partial charge >= 0.3 is 0 Å². The first-order valence-corrected chi connectivity index (χ1v) is 7.78. The highest BCUT2D eigenvalue weighted by atomic mass is 32.1. The number of nitrogens with one attached hydrogen (secondary N) is 1. The Morgan fingerprint density at radius 1 is 1.35 bits per heavy atom. The fourth-order valence-corrected chi connectivity index (χ4v) is 2.84. The smallest absolute Gasteiger partial charge is 0.142 e. The number of nitrogens with zero attached hydrogens (tertiary/aromatic N) is 2. The summed E-state index contributed by atoms with van der Waals surface area (Å²) in [5.74, 6) is 0.496. The molecule has 0 aliphatic carbocycles. The average molecular weight is 291 g/mol. The molecule has 0 radical (unpaired) electrons. The van der Waals surface area contributed by atoms with E-state index in [1.54, 1.807) is 17.5 Å². The van der Waals surface area contributed by atoms with Crippen LogP contribution in [0, 0.1) is 5.92 Å². The minimum Gasteiger partial charge on any atom is -0.396 e. The minimum absolute atomic E-state index is 0.214. The van der Waals surface area contributed by atoms with Gasteiger partial charge in [-0.05, 0) is 24.5 Å². The number of aliphatic hydroxyl groups is 1. The second kappa shape index (κ2) is 7.47. The molecule has 0 aliphatic heterocycles. The Hall–Kier alpha value is -1.30. The molecule has 0 saturated carbocycles. The molecule has 0 aromatic carbocycles. The molecule has 2 aromatic rings. The zero-order chi connectivity index (χ0) is 14.4. The molecule has 0 amide bonds. The zero-order valence-corrected chi connectivity index (χ0v) is 12.7. The van der Waals surface area contributed by atoms with Crippen LogP contribution in [0.3, 0.4) is 0 Å². The van der Waals surface area contributed by atoms with Crippen LogP contribution in [0.15, 0.2) is 29.8 Å². The molecule has 20 heavy (non-hydrogen) atoms. The van der Waals surface area contributed by atoms with Crippen LogP contribution in [0.2, 0.25) is 0 Å². The van der Waals surface area contributed by atoms with Crippen molar-refractivity contribution < 1.29 is 5.11 Å². The SMILES string of the molecule is CC(C)C(CCO)NCc1csc(-c2ccccn2)n1. The predicted molar refractivity (Wildman–Crippen MR) is 82.5 cm³/mol. The summed E-state index contributed by atoms with van der Waals surface area (Å²) in [5.41, 5.74) is 1.94. The van der Waals surface area contributed by atoms with Crippen LogP contribution >= 0.6 is 11.3 Å². The van der Waals surface area contributed by atoms with Crippen molar-refractivity contribution in [1.82, 2.24) is 15.3 Å². The molecular weight excluding hydrogens is 270 g/mol. The third kappa shape index (κ3) is 4.10. The molecule has 0 spiro atoms. The predicted octanol–water partition coefficient (Wildman–Crippen LogP) is 2.70. The van der Waals surface area contributed by atoms with E-state index in [-0.39, 0.29) is 6.61 Å². The Labute approximate surface area is 123 Å². The van der Waals surface area contributed by atoms with E-state index < -0.39 is 0 Å². The van der Waals surface area contributed by atoms with E-state index in [1.807, 2.05) is 18.2 Å². The number of pyridine rings is 1. The second-order valence-corrected chi connectivity index (χ2v) is 5.96. The molecular formula is C15H21N3OS. The Morgan fingerprint density at radius 2 is 2.20 bits per heavy atom. The van der Waals surface area contributed by atoms with Crippen molar-refractivity contribution in [2.24, 2.45) is 5.92 Å². The third-order valence-corrected chi connectivity index (χ3v) is 4.14. The molecule has 2 rings (SSSR count). The fraction of sp³-hybridized carbons (Fsp3) is 0.467. The van der Waals surface area contributed by atoms with Crippen LogP contribution in [-0.2, 0) is 6.54 Å². The molecule has 0 saturated heterocycles. The number of hydrogen-bond acceptors (Lipinski definition) is 5. The molecule has 1 unspecified atom stereocenters. The zero-order valence-electron chi connectivity index (χ0n) is 11.9. The van der Waals surface area contributed by atoms with Gasteiger partial charge in [-0.3, -0.25) is 4.98 Å². The van der Waals surface area contributed by atoms with E-state index in [0.717, 1.165) is 29.4 Å². The topological polar surface area (TPSA) is 58.0 Å². The van der Waals surface area contributed by atoms with E-state index in [1.165, 1.54) is 0 Å². The highest BCUT2D eigenvalue weighted by Gasteiger charge is 2.13. The van der Waals surface area contributed by atoms with Crippen LogP contribution in [0.4, 0.5) is 0 Å².